The molecule has 29 heavy (non-hydrogen) atoms. The minimum Gasteiger partial charge on any atom is -0.377 e. The molecule has 0 saturated heterocycles. The van der Waals surface area contributed by atoms with Gasteiger partial charge in [-0.25, -0.2) is 9.97 Å². The van der Waals surface area contributed by atoms with Gasteiger partial charge in [0.25, 0.3) is 11.5 Å². The van der Waals surface area contributed by atoms with Crippen molar-refractivity contribution in [1.29, 1.82) is 0 Å². The molecule has 2 aliphatic heterocycles. The smallest absolute Gasteiger partial charge is 0.276 e. The van der Waals surface area contributed by atoms with E-state index in [1.165, 1.54) is 6.33 Å². The van der Waals surface area contributed by atoms with E-state index in [0.29, 0.717) is 36.8 Å². The zero-order valence-corrected chi connectivity index (χ0v) is 16.1. The first-order chi connectivity index (χ1) is 14.2. The van der Waals surface area contributed by atoms with E-state index in [1.807, 2.05) is 6.08 Å². The molecule has 2 aromatic heterocycles. The third kappa shape index (κ3) is 3.04. The molecular weight excluding hydrogens is 370 g/mol. The van der Waals surface area contributed by atoms with Gasteiger partial charge < -0.3 is 15.4 Å². The van der Waals surface area contributed by atoms with Crippen molar-refractivity contribution in [2.75, 3.05) is 18.5 Å². The Bertz CT molecular complexity index is 1040. The fourth-order valence-corrected chi connectivity index (χ4v) is 4.67. The highest BCUT2D eigenvalue weighted by molar-refractivity contribution is 6.00. The number of rotatable bonds is 3. The standard InChI is InChI=1S/C21H23N5O3/c27-19-18-15(14-5-10-29-11-6-14)12-16(24-17-4-9-22-13-23-17)20(28)26(18)21(25-19)7-2-1-3-8-21/h4-5,9,12-13H,1-3,6-8,10-11H2,(H,25,27)(H,22,23,24). The molecule has 2 aromatic rings. The molecule has 4 heterocycles. The van der Waals surface area contributed by atoms with E-state index in [0.717, 1.165) is 43.2 Å². The fourth-order valence-electron chi connectivity index (χ4n) is 4.67. The first-order valence-corrected chi connectivity index (χ1v) is 10.1. The van der Waals surface area contributed by atoms with Crippen LogP contribution in [-0.2, 0) is 10.4 Å². The number of carbonyl (C=O) groups is 1. The number of hydrogen-bond donors (Lipinski definition) is 2. The number of pyridine rings is 1. The molecule has 8 heteroatoms. The number of hydrogen-bond acceptors (Lipinski definition) is 6. The number of aromatic nitrogens is 3. The SMILES string of the molecule is O=C1NC2(CCCCC2)n2c1c(C1=CCOCC1)cc(Nc1ccncn1)c2=O. The van der Waals surface area contributed by atoms with Gasteiger partial charge >= 0.3 is 0 Å². The Morgan fingerprint density at radius 3 is 2.79 bits per heavy atom. The molecule has 0 atom stereocenters. The minimum atomic E-state index is -0.633. The Morgan fingerprint density at radius 2 is 2.07 bits per heavy atom. The topological polar surface area (TPSA) is 98.1 Å². The van der Waals surface area contributed by atoms with Gasteiger partial charge in [0.15, 0.2) is 0 Å². The zero-order valence-electron chi connectivity index (χ0n) is 16.1. The highest BCUT2D eigenvalue weighted by Crippen LogP contribution is 2.39. The molecule has 0 radical (unpaired) electrons. The zero-order chi connectivity index (χ0) is 19.8. The Hall–Kier alpha value is -3.00. The summed E-state index contributed by atoms with van der Waals surface area (Å²) in [5, 5.41) is 6.29. The average Bonchev–Trinajstić information content (AvgIpc) is 3.03. The molecule has 1 aliphatic carbocycles. The summed E-state index contributed by atoms with van der Waals surface area (Å²) in [6.07, 6.45) is 10.4. The molecule has 3 aliphatic rings. The molecule has 5 rings (SSSR count). The minimum absolute atomic E-state index is 0.167. The summed E-state index contributed by atoms with van der Waals surface area (Å²) in [6.45, 7) is 1.11. The van der Waals surface area contributed by atoms with Gasteiger partial charge in [0.1, 0.15) is 29.2 Å². The number of carbonyl (C=O) groups excluding carboxylic acids is 1. The van der Waals surface area contributed by atoms with Gasteiger partial charge in [-0.05, 0) is 49.8 Å². The van der Waals surface area contributed by atoms with Crippen LogP contribution in [0, 0.1) is 0 Å². The van der Waals surface area contributed by atoms with Gasteiger partial charge in [0, 0.05) is 11.8 Å². The van der Waals surface area contributed by atoms with E-state index in [2.05, 4.69) is 20.6 Å². The molecule has 1 amide bonds. The fraction of sp³-hybridized carbons (Fsp3) is 0.429. The summed E-state index contributed by atoms with van der Waals surface area (Å²) in [4.78, 5) is 34.7. The van der Waals surface area contributed by atoms with E-state index < -0.39 is 5.66 Å². The average molecular weight is 393 g/mol. The van der Waals surface area contributed by atoms with Gasteiger partial charge in [-0.2, -0.15) is 0 Å². The summed E-state index contributed by atoms with van der Waals surface area (Å²) in [5.74, 6) is 0.375. The van der Waals surface area contributed by atoms with Gasteiger partial charge in [0.2, 0.25) is 0 Å². The second-order valence-corrected chi connectivity index (χ2v) is 7.78. The molecule has 1 saturated carbocycles. The molecule has 0 aromatic carbocycles. The lowest BCUT2D eigenvalue weighted by atomic mass is 9.89. The molecule has 0 bridgehead atoms. The van der Waals surface area contributed by atoms with Crippen molar-refractivity contribution >= 4 is 23.0 Å². The van der Waals surface area contributed by atoms with E-state index in [9.17, 15) is 9.59 Å². The van der Waals surface area contributed by atoms with Crippen molar-refractivity contribution in [1.82, 2.24) is 19.9 Å². The van der Waals surface area contributed by atoms with Crippen molar-refractivity contribution in [3.63, 3.8) is 0 Å². The summed E-state index contributed by atoms with van der Waals surface area (Å²) < 4.78 is 7.16. The quantitative estimate of drug-likeness (QED) is 0.832. The number of nitrogens with zero attached hydrogens (tertiary/aromatic N) is 3. The van der Waals surface area contributed by atoms with Crippen LogP contribution >= 0.6 is 0 Å². The molecule has 8 nitrogen and oxygen atoms in total. The molecule has 2 N–H and O–H groups in total. The van der Waals surface area contributed by atoms with E-state index in [-0.39, 0.29) is 11.5 Å². The Labute approximate surface area is 168 Å². The van der Waals surface area contributed by atoms with E-state index >= 15 is 0 Å². The highest BCUT2D eigenvalue weighted by Gasteiger charge is 2.46. The van der Waals surface area contributed by atoms with Crippen molar-refractivity contribution in [2.45, 2.75) is 44.2 Å². The summed E-state index contributed by atoms with van der Waals surface area (Å²) in [7, 11) is 0. The number of nitrogens with one attached hydrogen (secondary N) is 2. The van der Waals surface area contributed by atoms with Gasteiger partial charge in [0.05, 0.1) is 13.2 Å². The largest absolute Gasteiger partial charge is 0.377 e. The van der Waals surface area contributed by atoms with E-state index in [4.69, 9.17) is 4.74 Å². The summed E-state index contributed by atoms with van der Waals surface area (Å²) in [6, 6.07) is 3.50. The molecule has 150 valence electrons. The van der Waals surface area contributed by atoms with Crippen LogP contribution in [0.3, 0.4) is 0 Å². The van der Waals surface area contributed by atoms with Gasteiger partial charge in [-0.1, -0.05) is 12.5 Å². The van der Waals surface area contributed by atoms with E-state index in [1.54, 1.807) is 22.9 Å². The van der Waals surface area contributed by atoms with Crippen molar-refractivity contribution in [3.8, 4) is 0 Å². The maximum absolute atomic E-state index is 13.5. The van der Waals surface area contributed by atoms with Crippen LogP contribution in [0.2, 0.25) is 0 Å². The van der Waals surface area contributed by atoms with Crippen molar-refractivity contribution in [3.05, 3.63) is 52.3 Å². The van der Waals surface area contributed by atoms with Crippen LogP contribution in [0.25, 0.3) is 5.57 Å². The lowest BCUT2D eigenvalue weighted by Gasteiger charge is -2.35. The summed E-state index contributed by atoms with van der Waals surface area (Å²) >= 11 is 0. The predicted octanol–water partition coefficient (Wildman–Crippen LogP) is 2.55. The third-order valence-electron chi connectivity index (χ3n) is 6.02. The maximum atomic E-state index is 13.5. The number of amides is 1. The molecular formula is C21H23N5O3. The lowest BCUT2D eigenvalue weighted by Crippen LogP contribution is -2.48. The van der Waals surface area contributed by atoms with Crippen LogP contribution < -0.4 is 16.2 Å². The number of anilines is 2. The van der Waals surface area contributed by atoms with Gasteiger partial charge in [-0.15, -0.1) is 0 Å². The summed E-state index contributed by atoms with van der Waals surface area (Å²) in [5.41, 5.74) is 1.88. The normalized spacial score (nSPS) is 20.1. The van der Waals surface area contributed by atoms with Crippen LogP contribution in [0.4, 0.5) is 11.5 Å². The maximum Gasteiger partial charge on any atom is 0.276 e. The Balaban J connectivity index is 1.71. The highest BCUT2D eigenvalue weighted by atomic mass is 16.5. The second-order valence-electron chi connectivity index (χ2n) is 7.78. The predicted molar refractivity (Wildman–Crippen MR) is 108 cm³/mol. The van der Waals surface area contributed by atoms with Crippen LogP contribution in [0.15, 0.2) is 35.5 Å². The molecule has 1 spiro atoms. The second kappa shape index (κ2) is 7.11. The first kappa shape index (κ1) is 18.1. The third-order valence-corrected chi connectivity index (χ3v) is 6.02. The monoisotopic (exact) mass is 393 g/mol. The Kier molecular flexibility index (Phi) is 4.43. The number of ether oxygens (including phenoxy) is 1. The Morgan fingerprint density at radius 1 is 1.21 bits per heavy atom. The lowest BCUT2D eigenvalue weighted by molar-refractivity contribution is 0.0876. The van der Waals surface area contributed by atoms with Crippen LogP contribution in [0.5, 0.6) is 0 Å². The van der Waals surface area contributed by atoms with Crippen molar-refractivity contribution in [2.24, 2.45) is 0 Å². The number of fused-ring (bicyclic) bond motifs is 2. The van der Waals surface area contributed by atoms with Crippen molar-refractivity contribution < 1.29 is 9.53 Å². The van der Waals surface area contributed by atoms with Gasteiger partial charge in [-0.3, -0.25) is 14.2 Å². The molecule has 0 unspecified atom stereocenters. The van der Waals surface area contributed by atoms with Crippen LogP contribution in [0.1, 0.15) is 54.6 Å². The molecule has 1 fully saturated rings. The van der Waals surface area contributed by atoms with Crippen LogP contribution in [-0.4, -0.2) is 33.7 Å². The first-order valence-electron chi connectivity index (χ1n) is 10.1.